The summed E-state index contributed by atoms with van der Waals surface area (Å²) in [6.45, 7) is 3.27. The fraction of sp³-hybridized carbons (Fsp3) is 1.00. The largest absolute Gasteiger partial charge is 0.313 e. The van der Waals surface area contributed by atoms with Crippen LogP contribution in [-0.2, 0) is 10.8 Å². The molecule has 1 N–H and O–H groups in total. The Morgan fingerprint density at radius 3 is 2.79 bits per heavy atom. The molecular formula is C11H23NOS. The fourth-order valence-corrected chi connectivity index (χ4v) is 2.50. The van der Waals surface area contributed by atoms with E-state index in [0.29, 0.717) is 6.04 Å². The molecular weight excluding hydrogens is 194 g/mol. The molecule has 1 rings (SSSR count). The highest BCUT2D eigenvalue weighted by molar-refractivity contribution is 7.84. The van der Waals surface area contributed by atoms with Gasteiger partial charge in [0.15, 0.2) is 0 Å². The van der Waals surface area contributed by atoms with Gasteiger partial charge in [-0.1, -0.05) is 19.8 Å². The van der Waals surface area contributed by atoms with E-state index in [4.69, 9.17) is 0 Å². The molecule has 0 saturated heterocycles. The van der Waals surface area contributed by atoms with Crippen molar-refractivity contribution < 1.29 is 4.21 Å². The molecule has 1 fully saturated rings. The van der Waals surface area contributed by atoms with Crippen molar-refractivity contribution in [2.24, 2.45) is 5.92 Å². The van der Waals surface area contributed by atoms with E-state index >= 15 is 0 Å². The second-order valence-corrected chi connectivity index (χ2v) is 6.10. The molecule has 1 aliphatic carbocycles. The van der Waals surface area contributed by atoms with Crippen LogP contribution in [-0.4, -0.2) is 28.8 Å². The Balaban J connectivity index is 2.14. The number of rotatable bonds is 4. The predicted octanol–water partition coefficient (Wildman–Crippen LogP) is 1.92. The lowest BCUT2D eigenvalue weighted by molar-refractivity contribution is 0.458. The number of hydrogen-bond donors (Lipinski definition) is 1. The van der Waals surface area contributed by atoms with Crippen molar-refractivity contribution in [3.63, 3.8) is 0 Å². The molecule has 3 unspecified atom stereocenters. The van der Waals surface area contributed by atoms with Gasteiger partial charge < -0.3 is 5.32 Å². The Morgan fingerprint density at radius 2 is 2.07 bits per heavy atom. The molecule has 0 heterocycles. The van der Waals surface area contributed by atoms with Crippen molar-refractivity contribution in [3.8, 4) is 0 Å². The fourth-order valence-electron chi connectivity index (χ4n) is 2.10. The zero-order chi connectivity index (χ0) is 10.4. The molecule has 1 aliphatic rings. The summed E-state index contributed by atoms with van der Waals surface area (Å²) >= 11 is 0. The van der Waals surface area contributed by atoms with Crippen LogP contribution >= 0.6 is 0 Å². The topological polar surface area (TPSA) is 29.1 Å². The van der Waals surface area contributed by atoms with Crippen molar-refractivity contribution >= 4 is 10.8 Å². The monoisotopic (exact) mass is 217 g/mol. The summed E-state index contributed by atoms with van der Waals surface area (Å²) in [7, 11) is -0.644. The van der Waals surface area contributed by atoms with Gasteiger partial charge in [0.1, 0.15) is 0 Å². The van der Waals surface area contributed by atoms with Gasteiger partial charge in [0.2, 0.25) is 0 Å². The van der Waals surface area contributed by atoms with E-state index < -0.39 is 10.8 Å². The maximum absolute atomic E-state index is 10.9. The molecule has 0 bridgehead atoms. The van der Waals surface area contributed by atoms with Crippen LogP contribution in [0.1, 0.15) is 39.0 Å². The predicted molar refractivity (Wildman–Crippen MR) is 63.0 cm³/mol. The molecule has 14 heavy (non-hydrogen) atoms. The minimum Gasteiger partial charge on any atom is -0.313 e. The summed E-state index contributed by atoms with van der Waals surface area (Å²) < 4.78 is 10.9. The second-order valence-electron chi connectivity index (χ2n) is 4.54. The van der Waals surface area contributed by atoms with Gasteiger partial charge in [-0.3, -0.25) is 4.21 Å². The third-order valence-electron chi connectivity index (χ3n) is 3.08. The molecule has 0 aliphatic heterocycles. The third kappa shape index (κ3) is 5.11. The highest BCUT2D eigenvalue weighted by atomic mass is 32.2. The number of hydrogen-bond acceptors (Lipinski definition) is 2. The van der Waals surface area contributed by atoms with Gasteiger partial charge in [0.05, 0.1) is 0 Å². The average molecular weight is 217 g/mol. The molecule has 0 aromatic rings. The molecule has 3 heteroatoms. The lowest BCUT2D eigenvalue weighted by Gasteiger charge is -2.15. The normalized spacial score (nSPS) is 31.0. The van der Waals surface area contributed by atoms with Crippen molar-refractivity contribution in [1.29, 1.82) is 0 Å². The van der Waals surface area contributed by atoms with Crippen molar-refractivity contribution in [2.45, 2.75) is 45.1 Å². The molecule has 0 aromatic heterocycles. The summed E-state index contributed by atoms with van der Waals surface area (Å²) in [4.78, 5) is 0. The summed E-state index contributed by atoms with van der Waals surface area (Å²) in [6, 6.07) is 0.684. The Bertz CT molecular complexity index is 184. The first kappa shape index (κ1) is 12.2. The van der Waals surface area contributed by atoms with E-state index in [1.165, 1.54) is 32.1 Å². The summed E-state index contributed by atoms with van der Waals surface area (Å²) in [6.07, 6.45) is 8.48. The van der Waals surface area contributed by atoms with Crippen LogP contribution in [0, 0.1) is 5.92 Å². The zero-order valence-corrected chi connectivity index (χ0v) is 10.2. The minimum atomic E-state index is -0.644. The van der Waals surface area contributed by atoms with Gasteiger partial charge in [-0.05, 0) is 25.2 Å². The summed E-state index contributed by atoms with van der Waals surface area (Å²) in [5, 5.41) is 3.52. The highest BCUT2D eigenvalue weighted by Gasteiger charge is 2.15. The summed E-state index contributed by atoms with van der Waals surface area (Å²) in [5.41, 5.74) is 0. The van der Waals surface area contributed by atoms with Gasteiger partial charge in [-0.15, -0.1) is 0 Å². The maximum Gasteiger partial charge on any atom is 0.0357 e. The molecule has 3 atom stereocenters. The van der Waals surface area contributed by atoms with E-state index in [2.05, 4.69) is 12.2 Å². The van der Waals surface area contributed by atoms with Crippen LogP contribution in [0.5, 0.6) is 0 Å². The van der Waals surface area contributed by atoms with E-state index in [1.807, 2.05) is 0 Å². The van der Waals surface area contributed by atoms with Crippen molar-refractivity contribution in [3.05, 3.63) is 0 Å². The first-order valence-corrected chi connectivity index (χ1v) is 7.44. The lowest BCUT2D eigenvalue weighted by Crippen LogP contribution is -2.31. The standard InChI is InChI=1S/C11H23NOS/c1-10-4-3-5-11(7-6-10)12-8-9-14(2)13/h10-12H,3-9H2,1-2H3. The smallest absolute Gasteiger partial charge is 0.0357 e. The first-order chi connectivity index (χ1) is 6.68. The van der Waals surface area contributed by atoms with Crippen LogP contribution < -0.4 is 5.32 Å². The van der Waals surface area contributed by atoms with E-state index in [-0.39, 0.29) is 0 Å². The molecule has 0 amide bonds. The van der Waals surface area contributed by atoms with Gasteiger partial charge in [-0.25, -0.2) is 0 Å². The van der Waals surface area contributed by atoms with Gasteiger partial charge in [0, 0.05) is 35.4 Å². The Hall–Kier alpha value is 0.110. The van der Waals surface area contributed by atoms with Crippen molar-refractivity contribution in [2.75, 3.05) is 18.6 Å². The molecule has 84 valence electrons. The van der Waals surface area contributed by atoms with E-state index in [9.17, 15) is 4.21 Å². The molecule has 0 spiro atoms. The zero-order valence-electron chi connectivity index (χ0n) is 9.42. The third-order valence-corrected chi connectivity index (χ3v) is 3.86. The molecule has 1 saturated carbocycles. The van der Waals surface area contributed by atoms with Gasteiger partial charge >= 0.3 is 0 Å². The van der Waals surface area contributed by atoms with Crippen molar-refractivity contribution in [1.82, 2.24) is 5.32 Å². The molecule has 0 aromatic carbocycles. The van der Waals surface area contributed by atoms with E-state index in [0.717, 1.165) is 18.2 Å². The van der Waals surface area contributed by atoms with Gasteiger partial charge in [-0.2, -0.15) is 0 Å². The van der Waals surface area contributed by atoms with Gasteiger partial charge in [0.25, 0.3) is 0 Å². The lowest BCUT2D eigenvalue weighted by atomic mass is 10.0. The number of nitrogens with one attached hydrogen (secondary N) is 1. The highest BCUT2D eigenvalue weighted by Crippen LogP contribution is 2.22. The maximum atomic E-state index is 10.9. The van der Waals surface area contributed by atoms with Crippen LogP contribution in [0.15, 0.2) is 0 Å². The van der Waals surface area contributed by atoms with Crippen LogP contribution in [0.25, 0.3) is 0 Å². The SMILES string of the molecule is CC1CCCC(NCCS(C)=O)CC1. The average Bonchev–Trinajstić information content (AvgIpc) is 2.30. The van der Waals surface area contributed by atoms with Crippen LogP contribution in [0.4, 0.5) is 0 Å². The Morgan fingerprint density at radius 1 is 1.29 bits per heavy atom. The Labute approximate surface area is 90.3 Å². The van der Waals surface area contributed by atoms with Crippen LogP contribution in [0.2, 0.25) is 0 Å². The summed E-state index contributed by atoms with van der Waals surface area (Å²) in [5.74, 6) is 1.70. The minimum absolute atomic E-state index is 0.644. The first-order valence-electron chi connectivity index (χ1n) is 5.72. The van der Waals surface area contributed by atoms with E-state index in [1.54, 1.807) is 6.26 Å². The molecule has 2 nitrogen and oxygen atoms in total. The quantitative estimate of drug-likeness (QED) is 0.729. The Kier molecular flexibility index (Phi) is 5.71. The molecule has 0 radical (unpaired) electrons. The second kappa shape index (κ2) is 6.57. The van der Waals surface area contributed by atoms with Crippen LogP contribution in [0.3, 0.4) is 0 Å².